The van der Waals surface area contributed by atoms with Crippen LogP contribution >= 0.6 is 0 Å². The predicted molar refractivity (Wildman–Crippen MR) is 68.3 cm³/mol. The molecule has 0 saturated heterocycles. The van der Waals surface area contributed by atoms with E-state index in [1.807, 2.05) is 13.8 Å². The van der Waals surface area contributed by atoms with Gasteiger partial charge in [-0.1, -0.05) is 13.8 Å². The van der Waals surface area contributed by atoms with Gasteiger partial charge in [0.1, 0.15) is 11.8 Å². The summed E-state index contributed by atoms with van der Waals surface area (Å²) in [5.74, 6) is -0.242. The van der Waals surface area contributed by atoms with Crippen LogP contribution in [-0.4, -0.2) is 25.0 Å². The number of hydrogen-bond acceptors (Lipinski definition) is 3. The molecule has 98 valence electrons. The van der Waals surface area contributed by atoms with Crippen LogP contribution in [0.5, 0.6) is 5.75 Å². The van der Waals surface area contributed by atoms with E-state index < -0.39 is 11.9 Å². The van der Waals surface area contributed by atoms with Gasteiger partial charge >= 0.3 is 0 Å². The lowest BCUT2D eigenvalue weighted by molar-refractivity contribution is -0.120. The number of primary amides is 1. The second-order valence-corrected chi connectivity index (χ2v) is 4.33. The van der Waals surface area contributed by atoms with Crippen molar-refractivity contribution in [2.24, 2.45) is 11.7 Å². The number of amides is 2. The number of methoxy groups -OCH3 is 1. The molecule has 1 rings (SSSR count). The number of benzene rings is 1. The molecule has 0 unspecified atom stereocenters. The van der Waals surface area contributed by atoms with Crippen LogP contribution in [0.15, 0.2) is 24.3 Å². The molecule has 0 heterocycles. The summed E-state index contributed by atoms with van der Waals surface area (Å²) in [6, 6.07) is 5.96. The molecule has 0 aliphatic carbocycles. The third-order valence-electron chi connectivity index (χ3n) is 2.61. The van der Waals surface area contributed by atoms with E-state index in [4.69, 9.17) is 10.5 Å². The summed E-state index contributed by atoms with van der Waals surface area (Å²) >= 11 is 0. The second-order valence-electron chi connectivity index (χ2n) is 4.33. The van der Waals surface area contributed by atoms with Crippen molar-refractivity contribution in [2.45, 2.75) is 19.9 Å². The Morgan fingerprint density at radius 1 is 1.22 bits per heavy atom. The molecule has 1 aromatic rings. The van der Waals surface area contributed by atoms with E-state index in [0.717, 1.165) is 0 Å². The van der Waals surface area contributed by atoms with Crippen LogP contribution in [0.1, 0.15) is 24.2 Å². The van der Waals surface area contributed by atoms with Gasteiger partial charge in [0.15, 0.2) is 0 Å². The van der Waals surface area contributed by atoms with Crippen LogP contribution in [0.4, 0.5) is 0 Å². The summed E-state index contributed by atoms with van der Waals surface area (Å²) in [7, 11) is 1.55. The van der Waals surface area contributed by atoms with Gasteiger partial charge < -0.3 is 15.8 Å². The molecule has 0 bridgehead atoms. The van der Waals surface area contributed by atoms with Crippen molar-refractivity contribution in [3.8, 4) is 5.75 Å². The molecule has 1 atom stereocenters. The summed E-state index contributed by atoms with van der Waals surface area (Å²) in [6.45, 7) is 3.65. The maximum atomic E-state index is 11.9. The van der Waals surface area contributed by atoms with Crippen LogP contribution in [0, 0.1) is 5.92 Å². The molecule has 18 heavy (non-hydrogen) atoms. The molecule has 5 heteroatoms. The van der Waals surface area contributed by atoms with Gasteiger partial charge in [0.05, 0.1) is 7.11 Å². The molecular formula is C13H18N2O3. The van der Waals surface area contributed by atoms with Gasteiger partial charge in [-0.05, 0) is 30.2 Å². The molecule has 5 nitrogen and oxygen atoms in total. The SMILES string of the molecule is COc1ccc(C(=O)N[C@@H](C(N)=O)C(C)C)cc1. The third kappa shape index (κ3) is 3.48. The first-order valence-corrected chi connectivity index (χ1v) is 5.70. The normalized spacial score (nSPS) is 12.0. The summed E-state index contributed by atoms with van der Waals surface area (Å²) < 4.78 is 5.00. The van der Waals surface area contributed by atoms with Gasteiger partial charge in [0, 0.05) is 5.56 Å². The topological polar surface area (TPSA) is 81.4 Å². The van der Waals surface area contributed by atoms with Gasteiger partial charge in [-0.15, -0.1) is 0 Å². The van der Waals surface area contributed by atoms with E-state index in [2.05, 4.69) is 5.32 Å². The van der Waals surface area contributed by atoms with Crippen LogP contribution in [-0.2, 0) is 4.79 Å². The molecule has 0 radical (unpaired) electrons. The lowest BCUT2D eigenvalue weighted by atomic mass is 10.0. The highest BCUT2D eigenvalue weighted by Crippen LogP contribution is 2.11. The molecule has 0 saturated carbocycles. The predicted octanol–water partition coefficient (Wildman–Crippen LogP) is 0.935. The standard InChI is InChI=1S/C13H18N2O3/c1-8(2)11(12(14)16)15-13(17)9-4-6-10(18-3)7-5-9/h4-8,11H,1-3H3,(H2,14,16)(H,15,17)/t11-/m1/s1. The van der Waals surface area contributed by atoms with Gasteiger partial charge in [-0.2, -0.15) is 0 Å². The average molecular weight is 250 g/mol. The van der Waals surface area contributed by atoms with Crippen LogP contribution in [0.2, 0.25) is 0 Å². The monoisotopic (exact) mass is 250 g/mol. The highest BCUT2D eigenvalue weighted by molar-refractivity contribution is 5.97. The zero-order valence-electron chi connectivity index (χ0n) is 10.8. The smallest absolute Gasteiger partial charge is 0.251 e. The number of ether oxygens (including phenoxy) is 1. The number of hydrogen-bond donors (Lipinski definition) is 2. The molecule has 1 aromatic carbocycles. The molecule has 0 fully saturated rings. The molecule has 0 spiro atoms. The Balaban J connectivity index is 2.77. The van der Waals surface area contributed by atoms with Crippen LogP contribution < -0.4 is 15.8 Å². The number of nitrogens with one attached hydrogen (secondary N) is 1. The van der Waals surface area contributed by atoms with Crippen molar-refractivity contribution in [1.29, 1.82) is 0 Å². The molecule has 2 amide bonds. The molecular weight excluding hydrogens is 232 g/mol. The van der Waals surface area contributed by atoms with E-state index in [1.165, 1.54) is 0 Å². The maximum absolute atomic E-state index is 11.9. The Kier molecular flexibility index (Phi) is 4.71. The van der Waals surface area contributed by atoms with Crippen molar-refractivity contribution < 1.29 is 14.3 Å². The first-order valence-electron chi connectivity index (χ1n) is 5.70. The zero-order chi connectivity index (χ0) is 13.7. The van der Waals surface area contributed by atoms with E-state index in [-0.39, 0.29) is 11.8 Å². The number of carbonyl (C=O) groups is 2. The van der Waals surface area contributed by atoms with E-state index in [9.17, 15) is 9.59 Å². The molecule has 0 aliphatic heterocycles. The minimum absolute atomic E-state index is 0.0512. The maximum Gasteiger partial charge on any atom is 0.251 e. The second kappa shape index (κ2) is 6.05. The molecule has 3 N–H and O–H groups in total. The van der Waals surface area contributed by atoms with Crippen LogP contribution in [0.25, 0.3) is 0 Å². The fraction of sp³-hybridized carbons (Fsp3) is 0.385. The fourth-order valence-corrected chi connectivity index (χ4v) is 1.53. The van der Waals surface area contributed by atoms with Crippen molar-refractivity contribution in [3.63, 3.8) is 0 Å². The Hall–Kier alpha value is -2.04. The van der Waals surface area contributed by atoms with Crippen molar-refractivity contribution in [1.82, 2.24) is 5.32 Å². The first-order chi connectivity index (χ1) is 8.45. The van der Waals surface area contributed by atoms with Gasteiger partial charge in [0.2, 0.25) is 5.91 Å². The van der Waals surface area contributed by atoms with E-state index in [0.29, 0.717) is 11.3 Å². The lowest BCUT2D eigenvalue weighted by Gasteiger charge is -2.18. The molecule has 0 aromatic heterocycles. The van der Waals surface area contributed by atoms with Gasteiger partial charge in [-0.25, -0.2) is 0 Å². The highest BCUT2D eigenvalue weighted by atomic mass is 16.5. The molecule has 0 aliphatic rings. The first kappa shape index (κ1) is 14.0. The van der Waals surface area contributed by atoms with Crippen molar-refractivity contribution in [3.05, 3.63) is 29.8 Å². The quantitative estimate of drug-likeness (QED) is 0.815. The largest absolute Gasteiger partial charge is 0.497 e. The van der Waals surface area contributed by atoms with E-state index in [1.54, 1.807) is 31.4 Å². The summed E-state index contributed by atoms with van der Waals surface area (Å²) in [4.78, 5) is 23.1. The van der Waals surface area contributed by atoms with Gasteiger partial charge in [0.25, 0.3) is 5.91 Å². The zero-order valence-corrected chi connectivity index (χ0v) is 10.8. The number of rotatable bonds is 5. The highest BCUT2D eigenvalue weighted by Gasteiger charge is 2.22. The van der Waals surface area contributed by atoms with E-state index >= 15 is 0 Å². The Morgan fingerprint density at radius 2 is 1.78 bits per heavy atom. The Labute approximate surface area is 106 Å². The Bertz CT molecular complexity index is 426. The minimum Gasteiger partial charge on any atom is -0.497 e. The Morgan fingerprint density at radius 3 is 2.17 bits per heavy atom. The van der Waals surface area contributed by atoms with Crippen molar-refractivity contribution >= 4 is 11.8 Å². The van der Waals surface area contributed by atoms with Crippen molar-refractivity contribution in [2.75, 3.05) is 7.11 Å². The number of carbonyl (C=O) groups excluding carboxylic acids is 2. The summed E-state index contributed by atoms with van der Waals surface area (Å²) in [6.07, 6.45) is 0. The summed E-state index contributed by atoms with van der Waals surface area (Å²) in [5, 5.41) is 2.62. The van der Waals surface area contributed by atoms with Gasteiger partial charge in [-0.3, -0.25) is 9.59 Å². The third-order valence-corrected chi connectivity index (χ3v) is 2.61. The lowest BCUT2D eigenvalue weighted by Crippen LogP contribution is -2.47. The minimum atomic E-state index is -0.667. The van der Waals surface area contributed by atoms with Crippen LogP contribution in [0.3, 0.4) is 0 Å². The average Bonchev–Trinajstić information content (AvgIpc) is 2.35. The number of nitrogens with two attached hydrogens (primary N) is 1. The summed E-state index contributed by atoms with van der Waals surface area (Å²) in [5.41, 5.74) is 5.70. The fourth-order valence-electron chi connectivity index (χ4n) is 1.53.